The Bertz CT molecular complexity index is 814. The second kappa shape index (κ2) is 7.27. The Hall–Kier alpha value is -2.67. The van der Waals surface area contributed by atoms with Gasteiger partial charge in [0.25, 0.3) is 5.91 Å². The number of ether oxygens (including phenoxy) is 1. The second-order valence-electron chi connectivity index (χ2n) is 5.34. The van der Waals surface area contributed by atoms with Gasteiger partial charge in [-0.15, -0.1) is 11.3 Å². The van der Waals surface area contributed by atoms with Crippen LogP contribution in [0.25, 0.3) is 10.7 Å². The van der Waals surface area contributed by atoms with Gasteiger partial charge in [-0.05, 0) is 36.1 Å². The first-order chi connectivity index (χ1) is 11.6. The van der Waals surface area contributed by atoms with Gasteiger partial charge in [-0.2, -0.15) is 4.98 Å². The van der Waals surface area contributed by atoms with E-state index in [1.165, 1.54) is 16.2 Å². The van der Waals surface area contributed by atoms with E-state index in [9.17, 15) is 4.79 Å². The smallest absolute Gasteiger partial charge is 0.260 e. The molecule has 24 heavy (non-hydrogen) atoms. The van der Waals surface area contributed by atoms with Crippen LogP contribution in [0.15, 0.2) is 46.3 Å². The third-order valence-electron chi connectivity index (χ3n) is 3.36. The first kappa shape index (κ1) is 16.2. The fourth-order valence-electron chi connectivity index (χ4n) is 2.08. The van der Waals surface area contributed by atoms with Gasteiger partial charge in [-0.1, -0.05) is 23.4 Å². The monoisotopic (exact) mass is 343 g/mol. The molecule has 7 heteroatoms. The summed E-state index contributed by atoms with van der Waals surface area (Å²) in [7, 11) is 1.68. The Morgan fingerprint density at radius 1 is 1.33 bits per heavy atom. The molecule has 0 aliphatic heterocycles. The van der Waals surface area contributed by atoms with Gasteiger partial charge in [0.2, 0.25) is 11.7 Å². The average molecular weight is 343 g/mol. The van der Waals surface area contributed by atoms with Crippen LogP contribution in [0, 0.1) is 6.92 Å². The molecule has 0 bridgehead atoms. The summed E-state index contributed by atoms with van der Waals surface area (Å²) in [6.07, 6.45) is 0. The minimum Gasteiger partial charge on any atom is -0.484 e. The third kappa shape index (κ3) is 3.99. The Morgan fingerprint density at radius 2 is 2.21 bits per heavy atom. The lowest BCUT2D eigenvalue weighted by Gasteiger charge is -2.15. The maximum atomic E-state index is 12.2. The molecule has 0 saturated carbocycles. The van der Waals surface area contributed by atoms with Crippen LogP contribution in [0.5, 0.6) is 5.75 Å². The van der Waals surface area contributed by atoms with E-state index in [-0.39, 0.29) is 19.1 Å². The van der Waals surface area contributed by atoms with Crippen molar-refractivity contribution in [1.29, 1.82) is 0 Å². The first-order valence-electron chi connectivity index (χ1n) is 7.42. The lowest BCUT2D eigenvalue weighted by Crippen LogP contribution is -2.31. The molecule has 1 amide bonds. The predicted octanol–water partition coefficient (Wildman–Crippen LogP) is 3.14. The Kier molecular flexibility index (Phi) is 4.90. The molecule has 0 saturated heterocycles. The summed E-state index contributed by atoms with van der Waals surface area (Å²) in [6, 6.07) is 11.4. The Morgan fingerprint density at radius 3 is 2.96 bits per heavy atom. The zero-order chi connectivity index (χ0) is 16.9. The standard InChI is InChI=1S/C17H17N3O3S/c1-12-5-3-6-13(9-12)22-11-16(21)20(2)10-15-18-17(19-23-15)14-7-4-8-24-14/h3-9H,10-11H2,1-2H3. The van der Waals surface area contributed by atoms with Crippen molar-refractivity contribution in [3.8, 4) is 16.5 Å². The van der Waals surface area contributed by atoms with Crippen LogP contribution in [0.2, 0.25) is 0 Å². The van der Waals surface area contributed by atoms with Crippen LogP contribution in [0.3, 0.4) is 0 Å². The Balaban J connectivity index is 1.54. The van der Waals surface area contributed by atoms with Crippen molar-refractivity contribution in [3.63, 3.8) is 0 Å². The molecule has 2 aromatic heterocycles. The van der Waals surface area contributed by atoms with Gasteiger partial charge in [0.05, 0.1) is 11.4 Å². The first-order valence-corrected chi connectivity index (χ1v) is 8.29. The fraction of sp³-hybridized carbons (Fsp3) is 0.235. The number of benzene rings is 1. The molecule has 0 radical (unpaired) electrons. The van der Waals surface area contributed by atoms with E-state index in [1.54, 1.807) is 7.05 Å². The SMILES string of the molecule is Cc1cccc(OCC(=O)N(C)Cc2nc(-c3cccs3)no2)c1. The molecule has 0 aliphatic carbocycles. The summed E-state index contributed by atoms with van der Waals surface area (Å²) in [5, 5.41) is 5.88. The number of likely N-dealkylation sites (N-methyl/N-ethyl adjacent to an activating group) is 1. The van der Waals surface area contributed by atoms with E-state index in [4.69, 9.17) is 9.26 Å². The van der Waals surface area contributed by atoms with Crippen LogP contribution < -0.4 is 4.74 Å². The largest absolute Gasteiger partial charge is 0.484 e. The van der Waals surface area contributed by atoms with Crippen molar-refractivity contribution in [2.45, 2.75) is 13.5 Å². The van der Waals surface area contributed by atoms with Gasteiger partial charge >= 0.3 is 0 Å². The quantitative estimate of drug-likeness (QED) is 0.688. The van der Waals surface area contributed by atoms with E-state index >= 15 is 0 Å². The minimum atomic E-state index is -0.160. The average Bonchev–Trinajstić information content (AvgIpc) is 3.23. The van der Waals surface area contributed by atoms with Gasteiger partial charge in [0, 0.05) is 7.05 Å². The number of carbonyl (C=O) groups is 1. The number of aryl methyl sites for hydroxylation is 1. The third-order valence-corrected chi connectivity index (χ3v) is 4.23. The van der Waals surface area contributed by atoms with E-state index in [1.807, 2.05) is 48.7 Å². The van der Waals surface area contributed by atoms with Crippen LogP contribution in [0.4, 0.5) is 0 Å². The number of carbonyl (C=O) groups excluding carboxylic acids is 1. The lowest BCUT2D eigenvalue weighted by molar-refractivity contribution is -0.132. The number of nitrogens with zero attached hydrogens (tertiary/aromatic N) is 3. The molecular formula is C17H17N3O3S. The highest BCUT2D eigenvalue weighted by atomic mass is 32.1. The van der Waals surface area contributed by atoms with Crippen LogP contribution in [0.1, 0.15) is 11.5 Å². The summed E-state index contributed by atoms with van der Waals surface area (Å²) >= 11 is 1.54. The second-order valence-corrected chi connectivity index (χ2v) is 6.29. The molecule has 124 valence electrons. The number of hydrogen-bond donors (Lipinski definition) is 0. The fourth-order valence-corrected chi connectivity index (χ4v) is 2.73. The Labute approximate surface area is 143 Å². The summed E-state index contributed by atoms with van der Waals surface area (Å²) in [5.74, 6) is 1.45. The van der Waals surface area contributed by atoms with Crippen LogP contribution in [-0.2, 0) is 11.3 Å². The van der Waals surface area contributed by atoms with Crippen molar-refractivity contribution in [3.05, 3.63) is 53.2 Å². The van der Waals surface area contributed by atoms with Crippen molar-refractivity contribution in [2.75, 3.05) is 13.7 Å². The summed E-state index contributed by atoms with van der Waals surface area (Å²) in [6.45, 7) is 2.18. The highest BCUT2D eigenvalue weighted by Gasteiger charge is 2.15. The van der Waals surface area contributed by atoms with E-state index in [0.29, 0.717) is 17.5 Å². The predicted molar refractivity (Wildman–Crippen MR) is 90.8 cm³/mol. The molecular weight excluding hydrogens is 326 g/mol. The summed E-state index contributed by atoms with van der Waals surface area (Å²) in [5.41, 5.74) is 1.08. The molecule has 1 aromatic carbocycles. The minimum absolute atomic E-state index is 0.0358. The molecule has 0 N–H and O–H groups in total. The maximum Gasteiger partial charge on any atom is 0.260 e. The number of hydrogen-bond acceptors (Lipinski definition) is 6. The maximum absolute atomic E-state index is 12.2. The van der Waals surface area contributed by atoms with Gasteiger partial charge in [-0.25, -0.2) is 0 Å². The van der Waals surface area contributed by atoms with Gasteiger partial charge < -0.3 is 14.2 Å². The zero-order valence-electron chi connectivity index (χ0n) is 13.4. The van der Waals surface area contributed by atoms with Crippen molar-refractivity contribution < 1.29 is 14.1 Å². The molecule has 3 aromatic rings. The van der Waals surface area contributed by atoms with Crippen LogP contribution >= 0.6 is 11.3 Å². The molecule has 0 atom stereocenters. The number of rotatable bonds is 6. The molecule has 3 rings (SSSR count). The van der Waals surface area contributed by atoms with E-state index in [0.717, 1.165) is 10.4 Å². The molecule has 6 nitrogen and oxygen atoms in total. The zero-order valence-corrected chi connectivity index (χ0v) is 14.2. The summed E-state index contributed by atoms with van der Waals surface area (Å²) < 4.78 is 10.7. The molecule has 0 unspecified atom stereocenters. The molecule has 0 fully saturated rings. The van der Waals surface area contributed by atoms with Crippen molar-refractivity contribution in [2.24, 2.45) is 0 Å². The van der Waals surface area contributed by atoms with E-state index in [2.05, 4.69) is 10.1 Å². The highest BCUT2D eigenvalue weighted by molar-refractivity contribution is 7.13. The summed E-state index contributed by atoms with van der Waals surface area (Å²) in [4.78, 5) is 18.9. The molecule has 2 heterocycles. The number of aromatic nitrogens is 2. The van der Waals surface area contributed by atoms with Crippen molar-refractivity contribution in [1.82, 2.24) is 15.0 Å². The van der Waals surface area contributed by atoms with Gasteiger partial charge in [0.15, 0.2) is 6.61 Å². The highest BCUT2D eigenvalue weighted by Crippen LogP contribution is 2.21. The van der Waals surface area contributed by atoms with Crippen molar-refractivity contribution >= 4 is 17.2 Å². The number of thiophene rings is 1. The van der Waals surface area contributed by atoms with E-state index < -0.39 is 0 Å². The van der Waals surface area contributed by atoms with Crippen LogP contribution in [-0.4, -0.2) is 34.6 Å². The lowest BCUT2D eigenvalue weighted by atomic mass is 10.2. The topological polar surface area (TPSA) is 68.5 Å². The van der Waals surface area contributed by atoms with Gasteiger partial charge in [-0.3, -0.25) is 4.79 Å². The normalized spacial score (nSPS) is 10.6. The van der Waals surface area contributed by atoms with Gasteiger partial charge in [0.1, 0.15) is 5.75 Å². The molecule has 0 aliphatic rings. The number of amides is 1. The molecule has 0 spiro atoms.